The van der Waals surface area contributed by atoms with E-state index in [2.05, 4.69) is 5.73 Å². The number of carbonyl (C=O) groups excluding carboxylic acids is 2. The van der Waals surface area contributed by atoms with Crippen LogP contribution in [0.15, 0.2) is 60.3 Å². The van der Waals surface area contributed by atoms with E-state index in [0.717, 1.165) is 0 Å². The molecule has 23 heavy (non-hydrogen) atoms. The standard InChI is InChI=1S/C16H15NO2.C2H6.CH5N/c1-3-5-9-12(8-4-2)17-15(18)13-10-6-7-11-14(13)16(17)19;2*1-2/h3-11H,1-2H3;1-2H3;2H2,1H3/b5-3-,8-4-,12-9+;;. The van der Waals surface area contributed by atoms with E-state index in [0.29, 0.717) is 16.8 Å². The summed E-state index contributed by atoms with van der Waals surface area (Å²) in [5.74, 6) is -0.538. The number of amides is 2. The minimum absolute atomic E-state index is 0.269. The molecule has 0 bridgehead atoms. The summed E-state index contributed by atoms with van der Waals surface area (Å²) in [6, 6.07) is 6.88. The summed E-state index contributed by atoms with van der Waals surface area (Å²) in [5.41, 5.74) is 6.00. The largest absolute Gasteiger partial charge is 0.333 e. The number of benzene rings is 1. The fourth-order valence-electron chi connectivity index (χ4n) is 1.99. The van der Waals surface area contributed by atoms with Crippen LogP contribution in [0.4, 0.5) is 0 Å². The van der Waals surface area contributed by atoms with Gasteiger partial charge in [-0.2, -0.15) is 0 Å². The Morgan fingerprint density at radius 3 is 1.83 bits per heavy atom. The SMILES string of the molecule is CC.CN.C\C=C/C=C(\C=C/C)N1C(=O)c2ccccc2C1=O. The molecule has 0 saturated carbocycles. The van der Waals surface area contributed by atoms with Crippen molar-refractivity contribution in [2.75, 3.05) is 7.05 Å². The molecule has 0 unspecified atom stereocenters. The molecule has 0 saturated heterocycles. The molecule has 1 aromatic carbocycles. The predicted octanol–water partition coefficient (Wildman–Crippen LogP) is 3.92. The second-order valence-electron chi connectivity index (χ2n) is 4.11. The Balaban J connectivity index is 0.00000112. The average Bonchev–Trinajstić information content (AvgIpc) is 2.87. The molecule has 1 aromatic rings. The van der Waals surface area contributed by atoms with Gasteiger partial charge >= 0.3 is 0 Å². The molecule has 0 aromatic heterocycles. The van der Waals surface area contributed by atoms with E-state index >= 15 is 0 Å². The molecular formula is C19H26N2O2. The maximum atomic E-state index is 12.3. The van der Waals surface area contributed by atoms with Crippen LogP contribution in [0.5, 0.6) is 0 Å². The number of hydrogen-bond acceptors (Lipinski definition) is 3. The van der Waals surface area contributed by atoms with Crippen LogP contribution in [0, 0.1) is 0 Å². The van der Waals surface area contributed by atoms with Gasteiger partial charge in [0.05, 0.1) is 16.8 Å². The van der Waals surface area contributed by atoms with Crippen LogP contribution in [0.2, 0.25) is 0 Å². The lowest BCUT2D eigenvalue weighted by Crippen LogP contribution is -2.28. The molecule has 2 amide bonds. The Morgan fingerprint density at radius 2 is 1.43 bits per heavy atom. The third-order valence-electron chi connectivity index (χ3n) is 2.85. The van der Waals surface area contributed by atoms with Crippen molar-refractivity contribution in [1.82, 2.24) is 4.90 Å². The van der Waals surface area contributed by atoms with E-state index in [9.17, 15) is 9.59 Å². The predicted molar refractivity (Wildman–Crippen MR) is 96.1 cm³/mol. The topological polar surface area (TPSA) is 63.4 Å². The molecule has 0 radical (unpaired) electrons. The highest BCUT2D eigenvalue weighted by molar-refractivity contribution is 6.22. The zero-order chi connectivity index (χ0) is 17.8. The van der Waals surface area contributed by atoms with Crippen molar-refractivity contribution in [2.24, 2.45) is 5.73 Å². The molecule has 4 nitrogen and oxygen atoms in total. The number of fused-ring (bicyclic) bond motifs is 1. The highest BCUT2D eigenvalue weighted by atomic mass is 16.2. The molecule has 1 aliphatic rings. The summed E-state index contributed by atoms with van der Waals surface area (Å²) in [6.07, 6.45) is 8.96. The molecule has 1 aliphatic heterocycles. The number of nitrogens with two attached hydrogens (primary N) is 1. The molecule has 0 spiro atoms. The van der Waals surface area contributed by atoms with Crippen molar-refractivity contribution in [1.29, 1.82) is 0 Å². The summed E-state index contributed by atoms with van der Waals surface area (Å²) in [4.78, 5) is 25.8. The monoisotopic (exact) mass is 314 g/mol. The van der Waals surface area contributed by atoms with Gasteiger partial charge in [0.25, 0.3) is 11.8 Å². The van der Waals surface area contributed by atoms with Gasteiger partial charge in [0.1, 0.15) is 0 Å². The zero-order valence-corrected chi connectivity index (χ0v) is 14.5. The van der Waals surface area contributed by atoms with Gasteiger partial charge in [-0.25, -0.2) is 4.90 Å². The Bertz CT molecular complexity index is 579. The first-order valence-electron chi connectivity index (χ1n) is 7.72. The van der Waals surface area contributed by atoms with Crippen LogP contribution in [-0.2, 0) is 0 Å². The van der Waals surface area contributed by atoms with E-state index in [4.69, 9.17) is 0 Å². The third-order valence-corrected chi connectivity index (χ3v) is 2.85. The van der Waals surface area contributed by atoms with Crippen molar-refractivity contribution in [3.05, 3.63) is 71.5 Å². The smallest absolute Gasteiger partial charge is 0.266 e. The highest BCUT2D eigenvalue weighted by Gasteiger charge is 2.36. The van der Waals surface area contributed by atoms with Gasteiger partial charge in [-0.1, -0.05) is 44.2 Å². The van der Waals surface area contributed by atoms with Gasteiger partial charge in [0.2, 0.25) is 0 Å². The number of nitrogens with zero attached hydrogens (tertiary/aromatic N) is 1. The van der Waals surface area contributed by atoms with Gasteiger partial charge in [0.15, 0.2) is 0 Å². The number of hydrogen-bond donors (Lipinski definition) is 1. The van der Waals surface area contributed by atoms with Gasteiger partial charge in [0, 0.05) is 0 Å². The Hall–Kier alpha value is -2.46. The summed E-state index contributed by atoms with van der Waals surface area (Å²) in [7, 11) is 1.50. The summed E-state index contributed by atoms with van der Waals surface area (Å²) in [6.45, 7) is 7.73. The van der Waals surface area contributed by atoms with Crippen LogP contribution in [0.3, 0.4) is 0 Å². The number of allylic oxidation sites excluding steroid dienone is 5. The fourth-order valence-corrected chi connectivity index (χ4v) is 1.99. The van der Waals surface area contributed by atoms with Gasteiger partial charge in [-0.15, -0.1) is 0 Å². The van der Waals surface area contributed by atoms with E-state index in [1.807, 2.05) is 33.8 Å². The van der Waals surface area contributed by atoms with Crippen LogP contribution in [0.25, 0.3) is 0 Å². The van der Waals surface area contributed by atoms with Gasteiger partial charge in [-0.05, 0) is 45.2 Å². The molecular weight excluding hydrogens is 288 g/mol. The molecule has 0 fully saturated rings. The zero-order valence-electron chi connectivity index (χ0n) is 14.5. The number of imide groups is 1. The first-order valence-corrected chi connectivity index (χ1v) is 7.72. The molecule has 2 N–H and O–H groups in total. The molecule has 2 rings (SSSR count). The van der Waals surface area contributed by atoms with Crippen molar-refractivity contribution < 1.29 is 9.59 Å². The van der Waals surface area contributed by atoms with E-state index in [1.165, 1.54) is 11.9 Å². The molecule has 0 atom stereocenters. The maximum absolute atomic E-state index is 12.3. The molecule has 1 heterocycles. The normalized spacial score (nSPS) is 13.7. The van der Waals surface area contributed by atoms with Crippen molar-refractivity contribution >= 4 is 11.8 Å². The van der Waals surface area contributed by atoms with Crippen LogP contribution in [-0.4, -0.2) is 23.8 Å². The van der Waals surface area contributed by atoms with E-state index in [-0.39, 0.29) is 11.8 Å². The summed E-state index contributed by atoms with van der Waals surface area (Å²) in [5, 5.41) is 0. The van der Waals surface area contributed by atoms with Gasteiger partial charge in [-0.3, -0.25) is 9.59 Å². The first kappa shape index (κ1) is 20.5. The lowest BCUT2D eigenvalue weighted by Gasteiger charge is -2.14. The minimum atomic E-state index is -0.269. The quantitative estimate of drug-likeness (QED) is 0.679. The van der Waals surface area contributed by atoms with Crippen LogP contribution in [0.1, 0.15) is 48.4 Å². The van der Waals surface area contributed by atoms with Crippen LogP contribution >= 0.6 is 0 Å². The lowest BCUT2D eigenvalue weighted by molar-refractivity contribution is 0.0709. The minimum Gasteiger partial charge on any atom is -0.333 e. The molecule has 4 heteroatoms. The highest BCUT2D eigenvalue weighted by Crippen LogP contribution is 2.26. The van der Waals surface area contributed by atoms with E-state index < -0.39 is 0 Å². The maximum Gasteiger partial charge on any atom is 0.266 e. The van der Waals surface area contributed by atoms with Crippen molar-refractivity contribution in [3.8, 4) is 0 Å². The second-order valence-corrected chi connectivity index (χ2v) is 4.11. The Morgan fingerprint density at radius 1 is 0.957 bits per heavy atom. The Labute approximate surface area is 139 Å². The van der Waals surface area contributed by atoms with Crippen molar-refractivity contribution in [3.63, 3.8) is 0 Å². The van der Waals surface area contributed by atoms with Crippen molar-refractivity contribution in [2.45, 2.75) is 27.7 Å². The molecule has 0 aliphatic carbocycles. The number of rotatable bonds is 3. The summed E-state index contributed by atoms with van der Waals surface area (Å²) < 4.78 is 0. The summed E-state index contributed by atoms with van der Waals surface area (Å²) >= 11 is 0. The Kier molecular flexibility index (Phi) is 9.96. The van der Waals surface area contributed by atoms with Gasteiger partial charge < -0.3 is 5.73 Å². The number of carbonyl (C=O) groups is 2. The average molecular weight is 314 g/mol. The second kappa shape index (κ2) is 11.2. The molecule has 124 valence electrons. The lowest BCUT2D eigenvalue weighted by atomic mass is 10.1. The van der Waals surface area contributed by atoms with Crippen LogP contribution < -0.4 is 5.73 Å². The fraction of sp³-hybridized carbons (Fsp3) is 0.263. The van der Waals surface area contributed by atoms with E-state index in [1.54, 1.807) is 48.6 Å². The third kappa shape index (κ3) is 4.76. The first-order chi connectivity index (χ1) is 11.2.